The van der Waals surface area contributed by atoms with Gasteiger partial charge in [-0.25, -0.2) is 0 Å². The van der Waals surface area contributed by atoms with Crippen LogP contribution in [0.5, 0.6) is 0 Å². The first-order chi connectivity index (χ1) is 11.3. The van der Waals surface area contributed by atoms with Gasteiger partial charge in [0.15, 0.2) is 6.10 Å². The molecule has 0 saturated carbocycles. The Bertz CT molecular complexity index is 612. The molecular formula is C18H23N3O2. The minimum Gasteiger partial charge on any atom is -0.364 e. The lowest BCUT2D eigenvalue weighted by Gasteiger charge is -2.35. The summed E-state index contributed by atoms with van der Waals surface area (Å²) in [5.74, 6) is 0.0508. The first-order valence-corrected chi connectivity index (χ1v) is 8.24. The smallest absolute Gasteiger partial charge is 0.256 e. The normalized spacial score (nSPS) is 19.5. The molecule has 3 rings (SSSR count). The van der Waals surface area contributed by atoms with Crippen molar-refractivity contribution in [2.24, 2.45) is 0 Å². The molecule has 23 heavy (non-hydrogen) atoms. The van der Waals surface area contributed by atoms with Crippen LogP contribution in [0.1, 0.15) is 37.5 Å². The van der Waals surface area contributed by atoms with Gasteiger partial charge >= 0.3 is 0 Å². The molecule has 0 N–H and O–H groups in total. The van der Waals surface area contributed by atoms with Crippen LogP contribution in [0.2, 0.25) is 0 Å². The SMILES string of the molecule is CCO[C@H](C(=O)N1CCC[C@H](n2cccn2)C1)c1ccccc1. The van der Waals surface area contributed by atoms with Gasteiger partial charge < -0.3 is 9.64 Å². The first-order valence-electron chi connectivity index (χ1n) is 8.24. The van der Waals surface area contributed by atoms with Crippen LogP contribution < -0.4 is 0 Å². The van der Waals surface area contributed by atoms with Crippen LogP contribution in [0, 0.1) is 0 Å². The van der Waals surface area contributed by atoms with Gasteiger partial charge in [0, 0.05) is 32.1 Å². The number of rotatable bonds is 5. The number of aromatic nitrogens is 2. The van der Waals surface area contributed by atoms with E-state index in [4.69, 9.17) is 4.74 Å². The molecule has 1 aromatic carbocycles. The van der Waals surface area contributed by atoms with Gasteiger partial charge in [0.05, 0.1) is 6.04 Å². The van der Waals surface area contributed by atoms with Gasteiger partial charge in [0.2, 0.25) is 0 Å². The van der Waals surface area contributed by atoms with E-state index in [1.165, 1.54) is 0 Å². The summed E-state index contributed by atoms with van der Waals surface area (Å²) < 4.78 is 7.71. The Morgan fingerprint density at radius 3 is 2.87 bits per heavy atom. The van der Waals surface area contributed by atoms with Gasteiger partial charge in [-0.2, -0.15) is 5.10 Å². The lowest BCUT2D eigenvalue weighted by Crippen LogP contribution is -2.43. The van der Waals surface area contributed by atoms with Crippen LogP contribution in [-0.2, 0) is 9.53 Å². The molecule has 0 radical (unpaired) electrons. The molecular weight excluding hydrogens is 290 g/mol. The summed E-state index contributed by atoms with van der Waals surface area (Å²) in [6.45, 7) is 3.91. The highest BCUT2D eigenvalue weighted by atomic mass is 16.5. The summed E-state index contributed by atoms with van der Waals surface area (Å²) >= 11 is 0. The lowest BCUT2D eigenvalue weighted by atomic mass is 10.0. The highest BCUT2D eigenvalue weighted by Crippen LogP contribution is 2.26. The van der Waals surface area contributed by atoms with Crippen molar-refractivity contribution >= 4 is 5.91 Å². The fourth-order valence-corrected chi connectivity index (χ4v) is 3.14. The molecule has 1 aliphatic rings. The maximum Gasteiger partial charge on any atom is 0.256 e. The second-order valence-corrected chi connectivity index (χ2v) is 5.81. The van der Waals surface area contributed by atoms with E-state index in [1.807, 2.05) is 59.1 Å². The second-order valence-electron chi connectivity index (χ2n) is 5.81. The quantitative estimate of drug-likeness (QED) is 0.853. The number of piperidine rings is 1. The molecule has 0 aliphatic carbocycles. The molecule has 2 atom stereocenters. The molecule has 0 bridgehead atoms. The van der Waals surface area contributed by atoms with E-state index in [0.29, 0.717) is 13.2 Å². The Morgan fingerprint density at radius 2 is 2.17 bits per heavy atom. The Hall–Kier alpha value is -2.14. The van der Waals surface area contributed by atoms with Gasteiger partial charge in [0.25, 0.3) is 5.91 Å². The Labute approximate surface area is 136 Å². The zero-order chi connectivity index (χ0) is 16.1. The topological polar surface area (TPSA) is 47.4 Å². The zero-order valence-corrected chi connectivity index (χ0v) is 13.5. The average molecular weight is 313 g/mol. The number of hydrogen-bond acceptors (Lipinski definition) is 3. The Kier molecular flexibility index (Phi) is 5.08. The lowest BCUT2D eigenvalue weighted by molar-refractivity contribution is -0.145. The van der Waals surface area contributed by atoms with Crippen molar-refractivity contribution in [1.82, 2.24) is 14.7 Å². The van der Waals surface area contributed by atoms with Gasteiger partial charge in [-0.05, 0) is 31.4 Å². The van der Waals surface area contributed by atoms with Gasteiger partial charge in [-0.3, -0.25) is 9.48 Å². The van der Waals surface area contributed by atoms with E-state index in [0.717, 1.165) is 24.9 Å². The molecule has 5 nitrogen and oxygen atoms in total. The molecule has 1 saturated heterocycles. The third-order valence-corrected chi connectivity index (χ3v) is 4.27. The summed E-state index contributed by atoms with van der Waals surface area (Å²) in [5.41, 5.74) is 0.917. The Morgan fingerprint density at radius 1 is 1.35 bits per heavy atom. The standard InChI is InChI=1S/C18H23N3O2/c1-2-23-17(15-8-4-3-5-9-15)18(22)20-12-6-10-16(14-20)21-13-7-11-19-21/h3-5,7-9,11,13,16-17H,2,6,10,12,14H2,1H3/t16-,17-/m0/s1. The minimum atomic E-state index is -0.516. The molecule has 0 unspecified atom stereocenters. The van der Waals surface area contributed by atoms with Crippen LogP contribution in [-0.4, -0.2) is 40.3 Å². The highest BCUT2D eigenvalue weighted by molar-refractivity contribution is 5.82. The maximum atomic E-state index is 13.0. The number of likely N-dealkylation sites (tertiary alicyclic amines) is 1. The molecule has 2 aromatic rings. The number of hydrogen-bond donors (Lipinski definition) is 0. The van der Waals surface area contributed by atoms with Gasteiger partial charge in [-0.15, -0.1) is 0 Å². The van der Waals surface area contributed by atoms with Crippen molar-refractivity contribution in [1.29, 1.82) is 0 Å². The number of carbonyl (C=O) groups is 1. The molecule has 1 aliphatic heterocycles. The van der Waals surface area contributed by atoms with Crippen molar-refractivity contribution in [2.45, 2.75) is 31.9 Å². The molecule has 2 heterocycles. The van der Waals surface area contributed by atoms with Crippen LogP contribution in [0.15, 0.2) is 48.8 Å². The average Bonchev–Trinajstić information content (AvgIpc) is 3.15. The van der Waals surface area contributed by atoms with E-state index >= 15 is 0 Å². The van der Waals surface area contributed by atoms with Crippen LogP contribution in [0.3, 0.4) is 0 Å². The van der Waals surface area contributed by atoms with Crippen molar-refractivity contribution in [3.05, 3.63) is 54.4 Å². The van der Waals surface area contributed by atoms with E-state index in [-0.39, 0.29) is 11.9 Å². The van der Waals surface area contributed by atoms with Gasteiger partial charge in [0.1, 0.15) is 0 Å². The maximum absolute atomic E-state index is 13.0. The third-order valence-electron chi connectivity index (χ3n) is 4.27. The molecule has 122 valence electrons. The zero-order valence-electron chi connectivity index (χ0n) is 13.5. The summed E-state index contributed by atoms with van der Waals surface area (Å²) in [6, 6.07) is 11.9. The monoisotopic (exact) mass is 313 g/mol. The van der Waals surface area contributed by atoms with Crippen LogP contribution in [0.4, 0.5) is 0 Å². The molecule has 1 amide bonds. The number of amides is 1. The van der Waals surface area contributed by atoms with Gasteiger partial charge in [-0.1, -0.05) is 30.3 Å². The fraction of sp³-hybridized carbons (Fsp3) is 0.444. The third kappa shape index (κ3) is 3.62. The number of ether oxygens (including phenoxy) is 1. The number of nitrogens with zero attached hydrogens (tertiary/aromatic N) is 3. The molecule has 1 aromatic heterocycles. The van der Waals surface area contributed by atoms with Crippen LogP contribution >= 0.6 is 0 Å². The van der Waals surface area contributed by atoms with E-state index in [1.54, 1.807) is 6.20 Å². The van der Waals surface area contributed by atoms with Crippen LogP contribution in [0.25, 0.3) is 0 Å². The summed E-state index contributed by atoms with van der Waals surface area (Å²) in [7, 11) is 0. The van der Waals surface area contributed by atoms with Crippen molar-refractivity contribution in [3.63, 3.8) is 0 Å². The fourth-order valence-electron chi connectivity index (χ4n) is 3.14. The van der Waals surface area contributed by atoms with E-state index < -0.39 is 6.10 Å². The summed E-state index contributed by atoms with van der Waals surface area (Å²) in [6.07, 6.45) is 5.28. The largest absolute Gasteiger partial charge is 0.364 e. The van der Waals surface area contributed by atoms with Crippen molar-refractivity contribution in [2.75, 3.05) is 19.7 Å². The molecule has 5 heteroatoms. The molecule has 0 spiro atoms. The summed E-state index contributed by atoms with van der Waals surface area (Å²) in [5, 5.41) is 4.32. The number of benzene rings is 1. The van der Waals surface area contributed by atoms with Crippen molar-refractivity contribution < 1.29 is 9.53 Å². The second kappa shape index (κ2) is 7.42. The minimum absolute atomic E-state index is 0.0508. The first kappa shape index (κ1) is 15.7. The predicted molar refractivity (Wildman–Crippen MR) is 87.9 cm³/mol. The molecule has 1 fully saturated rings. The van der Waals surface area contributed by atoms with E-state index in [2.05, 4.69) is 5.10 Å². The summed E-state index contributed by atoms with van der Waals surface area (Å²) in [4.78, 5) is 14.9. The number of carbonyl (C=O) groups excluding carboxylic acids is 1. The van der Waals surface area contributed by atoms with E-state index in [9.17, 15) is 4.79 Å². The predicted octanol–water partition coefficient (Wildman–Crippen LogP) is 2.82. The van der Waals surface area contributed by atoms with Crippen molar-refractivity contribution in [3.8, 4) is 0 Å². The Balaban J connectivity index is 1.74. The highest BCUT2D eigenvalue weighted by Gasteiger charge is 2.31.